The molecule has 1 saturated heterocycles. The van der Waals surface area contributed by atoms with Crippen LogP contribution in [0.2, 0.25) is 0 Å². The Bertz CT molecular complexity index is 354. The summed E-state index contributed by atoms with van der Waals surface area (Å²) in [5, 5.41) is 0. The van der Waals surface area contributed by atoms with Gasteiger partial charge in [0.25, 0.3) is 0 Å². The van der Waals surface area contributed by atoms with Gasteiger partial charge in [0.05, 0.1) is 0 Å². The predicted molar refractivity (Wildman–Crippen MR) is 61.7 cm³/mol. The molecule has 1 aromatic rings. The molecule has 1 heterocycles. The molecule has 1 atom stereocenters. The highest BCUT2D eigenvalue weighted by molar-refractivity contribution is 5.51. The van der Waals surface area contributed by atoms with Crippen molar-refractivity contribution in [3.8, 4) is 0 Å². The SMILES string of the molecule is C=C1CN(c2cccc(C)c2)C[C@@H]1C. The molecule has 1 heteroatoms. The second kappa shape index (κ2) is 3.49. The molecule has 2 rings (SSSR count). The van der Waals surface area contributed by atoms with Crippen LogP contribution in [0.1, 0.15) is 12.5 Å². The summed E-state index contributed by atoms with van der Waals surface area (Å²) in [7, 11) is 0. The molecule has 1 aromatic carbocycles. The highest BCUT2D eigenvalue weighted by Crippen LogP contribution is 2.26. The number of hydrogen-bond donors (Lipinski definition) is 0. The highest BCUT2D eigenvalue weighted by Gasteiger charge is 2.22. The van der Waals surface area contributed by atoms with Gasteiger partial charge in [0.15, 0.2) is 0 Å². The van der Waals surface area contributed by atoms with Crippen LogP contribution < -0.4 is 4.90 Å². The number of aryl methyl sites for hydroxylation is 1. The van der Waals surface area contributed by atoms with Crippen LogP contribution in [0.4, 0.5) is 5.69 Å². The quantitative estimate of drug-likeness (QED) is 0.611. The van der Waals surface area contributed by atoms with E-state index in [-0.39, 0.29) is 0 Å². The lowest BCUT2D eigenvalue weighted by Crippen LogP contribution is -2.18. The molecule has 1 aliphatic heterocycles. The molecule has 1 fully saturated rings. The number of hydrogen-bond acceptors (Lipinski definition) is 1. The number of anilines is 1. The van der Waals surface area contributed by atoms with E-state index in [1.807, 2.05) is 0 Å². The van der Waals surface area contributed by atoms with Crippen molar-refractivity contribution < 1.29 is 0 Å². The van der Waals surface area contributed by atoms with Gasteiger partial charge in [0.2, 0.25) is 0 Å². The maximum atomic E-state index is 4.09. The smallest absolute Gasteiger partial charge is 0.0389 e. The monoisotopic (exact) mass is 187 g/mol. The summed E-state index contributed by atoms with van der Waals surface area (Å²) in [5.74, 6) is 0.635. The predicted octanol–water partition coefficient (Wildman–Crippen LogP) is 3.01. The first-order chi connectivity index (χ1) is 6.66. The molecule has 0 unspecified atom stereocenters. The van der Waals surface area contributed by atoms with E-state index in [1.165, 1.54) is 16.8 Å². The summed E-state index contributed by atoms with van der Waals surface area (Å²) >= 11 is 0. The number of benzene rings is 1. The fraction of sp³-hybridized carbons (Fsp3) is 0.385. The van der Waals surface area contributed by atoms with E-state index in [1.54, 1.807) is 0 Å². The molecule has 0 saturated carbocycles. The van der Waals surface area contributed by atoms with Crippen LogP contribution in [0, 0.1) is 12.8 Å². The van der Waals surface area contributed by atoms with Gasteiger partial charge in [0, 0.05) is 18.8 Å². The second-order valence-corrected chi connectivity index (χ2v) is 4.28. The van der Waals surface area contributed by atoms with Crippen LogP contribution in [0.5, 0.6) is 0 Å². The summed E-state index contributed by atoms with van der Waals surface area (Å²) in [6.45, 7) is 10.6. The molecule has 0 radical (unpaired) electrons. The van der Waals surface area contributed by atoms with Gasteiger partial charge in [-0.1, -0.05) is 31.2 Å². The molecule has 0 aromatic heterocycles. The average molecular weight is 187 g/mol. The van der Waals surface area contributed by atoms with E-state index in [0.29, 0.717) is 5.92 Å². The maximum absolute atomic E-state index is 4.09. The Kier molecular flexibility index (Phi) is 2.32. The Morgan fingerprint density at radius 2 is 2.21 bits per heavy atom. The van der Waals surface area contributed by atoms with Crippen molar-refractivity contribution in [3.05, 3.63) is 42.0 Å². The van der Waals surface area contributed by atoms with Crippen molar-refractivity contribution >= 4 is 5.69 Å². The lowest BCUT2D eigenvalue weighted by molar-refractivity contribution is 0.759. The van der Waals surface area contributed by atoms with Crippen LogP contribution in [0.15, 0.2) is 36.4 Å². The minimum atomic E-state index is 0.635. The van der Waals surface area contributed by atoms with E-state index in [4.69, 9.17) is 0 Å². The fourth-order valence-electron chi connectivity index (χ4n) is 1.95. The van der Waals surface area contributed by atoms with Crippen molar-refractivity contribution in [2.24, 2.45) is 5.92 Å². The Balaban J connectivity index is 2.21. The van der Waals surface area contributed by atoms with Gasteiger partial charge in [-0.3, -0.25) is 0 Å². The molecular weight excluding hydrogens is 170 g/mol. The van der Waals surface area contributed by atoms with Crippen molar-refractivity contribution in [2.45, 2.75) is 13.8 Å². The maximum Gasteiger partial charge on any atom is 0.0389 e. The summed E-state index contributed by atoms with van der Waals surface area (Å²) in [6.07, 6.45) is 0. The standard InChI is InChI=1S/C13H17N/c1-10-5-4-6-13(7-10)14-8-11(2)12(3)9-14/h4-7,12H,2,8-9H2,1,3H3/t12-/m0/s1. The van der Waals surface area contributed by atoms with Crippen LogP contribution in [-0.4, -0.2) is 13.1 Å². The first kappa shape index (κ1) is 9.32. The molecule has 0 N–H and O–H groups in total. The lowest BCUT2D eigenvalue weighted by atomic mass is 10.1. The Labute approximate surface area is 86.1 Å². The molecule has 0 spiro atoms. The highest BCUT2D eigenvalue weighted by atomic mass is 15.2. The van der Waals surface area contributed by atoms with Gasteiger partial charge < -0.3 is 4.90 Å². The van der Waals surface area contributed by atoms with E-state index < -0.39 is 0 Å². The average Bonchev–Trinajstić information content (AvgIpc) is 2.47. The number of rotatable bonds is 1. The molecule has 1 aliphatic rings. The third-order valence-electron chi connectivity index (χ3n) is 2.95. The van der Waals surface area contributed by atoms with Crippen molar-refractivity contribution in [3.63, 3.8) is 0 Å². The van der Waals surface area contributed by atoms with Gasteiger partial charge in [-0.25, -0.2) is 0 Å². The van der Waals surface area contributed by atoms with Crippen LogP contribution >= 0.6 is 0 Å². The van der Waals surface area contributed by atoms with Crippen molar-refractivity contribution in [1.82, 2.24) is 0 Å². The topological polar surface area (TPSA) is 3.24 Å². The summed E-state index contributed by atoms with van der Waals surface area (Å²) in [4.78, 5) is 2.40. The van der Waals surface area contributed by atoms with Crippen molar-refractivity contribution in [2.75, 3.05) is 18.0 Å². The van der Waals surface area contributed by atoms with E-state index in [9.17, 15) is 0 Å². The lowest BCUT2D eigenvalue weighted by Gasteiger charge is -2.18. The first-order valence-electron chi connectivity index (χ1n) is 5.16. The normalized spacial score (nSPS) is 21.7. The van der Waals surface area contributed by atoms with Crippen molar-refractivity contribution in [1.29, 1.82) is 0 Å². The summed E-state index contributed by atoms with van der Waals surface area (Å²) < 4.78 is 0. The molecular formula is C13H17N. The molecule has 74 valence electrons. The molecule has 0 aliphatic carbocycles. The largest absolute Gasteiger partial charge is 0.367 e. The second-order valence-electron chi connectivity index (χ2n) is 4.28. The Morgan fingerprint density at radius 3 is 2.79 bits per heavy atom. The Morgan fingerprint density at radius 1 is 1.43 bits per heavy atom. The fourth-order valence-corrected chi connectivity index (χ4v) is 1.95. The molecule has 14 heavy (non-hydrogen) atoms. The Hall–Kier alpha value is -1.24. The van der Waals surface area contributed by atoms with Gasteiger partial charge in [-0.15, -0.1) is 0 Å². The minimum absolute atomic E-state index is 0.635. The minimum Gasteiger partial charge on any atom is -0.367 e. The first-order valence-corrected chi connectivity index (χ1v) is 5.16. The summed E-state index contributed by atoms with van der Waals surface area (Å²) in [5.41, 5.74) is 4.01. The molecule has 1 nitrogen and oxygen atoms in total. The van der Waals surface area contributed by atoms with E-state index in [0.717, 1.165) is 13.1 Å². The third-order valence-corrected chi connectivity index (χ3v) is 2.95. The van der Waals surface area contributed by atoms with Crippen LogP contribution in [0.25, 0.3) is 0 Å². The van der Waals surface area contributed by atoms with E-state index in [2.05, 4.69) is 49.6 Å². The van der Waals surface area contributed by atoms with Gasteiger partial charge >= 0.3 is 0 Å². The summed E-state index contributed by atoms with van der Waals surface area (Å²) in [6, 6.07) is 8.68. The zero-order chi connectivity index (χ0) is 10.1. The number of nitrogens with zero attached hydrogens (tertiary/aromatic N) is 1. The van der Waals surface area contributed by atoms with Gasteiger partial charge in [0.1, 0.15) is 0 Å². The van der Waals surface area contributed by atoms with Crippen LogP contribution in [-0.2, 0) is 0 Å². The van der Waals surface area contributed by atoms with Gasteiger partial charge in [-0.05, 0) is 30.5 Å². The van der Waals surface area contributed by atoms with E-state index >= 15 is 0 Å². The zero-order valence-electron chi connectivity index (χ0n) is 8.96. The molecule has 0 bridgehead atoms. The zero-order valence-corrected chi connectivity index (χ0v) is 8.96. The van der Waals surface area contributed by atoms with Crippen LogP contribution in [0.3, 0.4) is 0 Å². The van der Waals surface area contributed by atoms with Gasteiger partial charge in [-0.2, -0.15) is 0 Å². The third kappa shape index (κ3) is 1.67. The molecule has 0 amide bonds.